The van der Waals surface area contributed by atoms with Crippen molar-refractivity contribution in [2.45, 2.75) is 148 Å². The molecule has 1 aromatic carbocycles. The van der Waals surface area contributed by atoms with Gasteiger partial charge in [-0.15, -0.1) is 0 Å². The van der Waals surface area contributed by atoms with E-state index in [0.29, 0.717) is 12.0 Å². The Morgan fingerprint density at radius 3 is 1.63 bits per heavy atom. The molecule has 1 aliphatic rings. The van der Waals surface area contributed by atoms with Gasteiger partial charge in [0.2, 0.25) is 47.3 Å². The van der Waals surface area contributed by atoms with Gasteiger partial charge in [0.1, 0.15) is 48.0 Å². The minimum Gasteiger partial charge on any atom is -0.508 e. The molecule has 1 aliphatic heterocycles. The van der Waals surface area contributed by atoms with Gasteiger partial charge in [-0.2, -0.15) is 0 Å². The number of aliphatic carboxylic acids is 1. The van der Waals surface area contributed by atoms with Crippen molar-refractivity contribution in [2.24, 2.45) is 39.9 Å². The molecule has 392 valence electrons. The van der Waals surface area contributed by atoms with Crippen molar-refractivity contribution in [1.82, 2.24) is 42.1 Å². The molecule has 24 nitrogen and oxygen atoms in total. The molecule has 8 atom stereocenters. The number of benzene rings is 1. The van der Waals surface area contributed by atoms with Crippen molar-refractivity contribution >= 4 is 59.2 Å². The number of likely N-dealkylation sites (tertiary alicyclic amines) is 1. The normalized spacial score (nSPS) is 16.4. The van der Waals surface area contributed by atoms with E-state index in [1.54, 1.807) is 39.8 Å². The van der Waals surface area contributed by atoms with Gasteiger partial charge >= 0.3 is 5.97 Å². The number of hydrogen-bond donors (Lipinski definition) is 13. The number of carboxylic acid groups (broad SMARTS) is 1. The number of carbonyl (C=O) groups is 9. The molecule has 0 spiro atoms. The highest BCUT2D eigenvalue weighted by Gasteiger charge is 2.38. The maximum Gasteiger partial charge on any atom is 0.325 e. The number of phenolic OH excluding ortho intramolecular Hbond substituents is 1. The first-order valence-electron chi connectivity index (χ1n) is 23.6. The van der Waals surface area contributed by atoms with Crippen LogP contribution >= 0.6 is 0 Å². The third-order valence-corrected chi connectivity index (χ3v) is 11.2. The van der Waals surface area contributed by atoms with Crippen LogP contribution in [-0.4, -0.2) is 154 Å². The number of aliphatic hydroxyl groups excluding tert-OH is 1. The zero-order valence-corrected chi connectivity index (χ0v) is 41.3. The summed E-state index contributed by atoms with van der Waals surface area (Å²) >= 11 is 0. The summed E-state index contributed by atoms with van der Waals surface area (Å²) in [5.41, 5.74) is 17.7. The van der Waals surface area contributed by atoms with E-state index in [-0.39, 0.29) is 87.5 Å². The summed E-state index contributed by atoms with van der Waals surface area (Å²) in [5.74, 6) is -7.83. The number of carbonyl (C=O) groups excluding carboxylic acids is 8. The van der Waals surface area contributed by atoms with Crippen molar-refractivity contribution in [3.8, 4) is 5.75 Å². The lowest BCUT2D eigenvalue weighted by molar-refractivity contribution is -0.142. The Morgan fingerprint density at radius 2 is 1.16 bits per heavy atom. The second kappa shape index (κ2) is 29.5. The Bertz CT molecular complexity index is 1980. The number of hydrogen-bond acceptors (Lipinski definition) is 13. The van der Waals surface area contributed by atoms with Gasteiger partial charge in [-0.05, 0) is 93.7 Å². The molecule has 8 amide bonds. The first-order valence-corrected chi connectivity index (χ1v) is 23.6. The predicted octanol–water partition coefficient (Wildman–Crippen LogP) is -2.43. The summed E-state index contributed by atoms with van der Waals surface area (Å²) in [5, 5.41) is 47.0. The Hall–Kier alpha value is -6.56. The number of rotatable bonds is 29. The smallest absolute Gasteiger partial charge is 0.325 e. The monoisotopic (exact) mass is 989 g/mol. The molecule has 70 heavy (non-hydrogen) atoms. The number of aliphatic imine (C=N–C) groups is 1. The van der Waals surface area contributed by atoms with Crippen LogP contribution in [0.15, 0.2) is 29.3 Å². The van der Waals surface area contributed by atoms with Crippen LogP contribution in [0.3, 0.4) is 0 Å². The molecule has 0 unspecified atom stereocenters. The highest BCUT2D eigenvalue weighted by atomic mass is 16.4. The number of amides is 8. The van der Waals surface area contributed by atoms with E-state index < -0.39 is 115 Å². The average Bonchev–Trinajstić information content (AvgIpc) is 3.78. The van der Waals surface area contributed by atoms with E-state index >= 15 is 0 Å². The number of phenols is 1. The van der Waals surface area contributed by atoms with E-state index in [4.69, 9.17) is 17.2 Å². The number of nitrogens with two attached hydrogens (primary N) is 3. The van der Waals surface area contributed by atoms with Crippen molar-refractivity contribution in [1.29, 1.82) is 0 Å². The topological polar surface area (TPSA) is 392 Å². The van der Waals surface area contributed by atoms with E-state index in [9.17, 15) is 58.5 Å². The second-order valence-corrected chi connectivity index (χ2v) is 18.8. The summed E-state index contributed by atoms with van der Waals surface area (Å²) in [6.07, 6.45) is 1.22. The van der Waals surface area contributed by atoms with Crippen LogP contribution < -0.4 is 54.4 Å². The minimum absolute atomic E-state index is 0.0411. The molecule has 2 rings (SSSR count). The van der Waals surface area contributed by atoms with E-state index in [0.717, 1.165) is 0 Å². The fourth-order valence-corrected chi connectivity index (χ4v) is 7.52. The fraction of sp³-hybridized carbons (Fsp3) is 0.652. The average molecular weight is 989 g/mol. The van der Waals surface area contributed by atoms with Gasteiger partial charge in [0.05, 0.1) is 19.2 Å². The van der Waals surface area contributed by atoms with Crippen LogP contribution in [0.5, 0.6) is 5.75 Å². The highest BCUT2D eigenvalue weighted by Crippen LogP contribution is 2.18. The molecule has 16 N–H and O–H groups in total. The summed E-state index contributed by atoms with van der Waals surface area (Å²) in [6.45, 7) is 11.0. The van der Waals surface area contributed by atoms with E-state index in [1.807, 2.05) is 13.8 Å². The standard InChI is InChI=1S/C46H76N12O12/c1-24(2)18-32(40(64)52-27(7)45(69)70)55-42(66)34(20-26(5)6)54-39(63)31(10-8-16-50-46(48)49)53-41(65)33(19-25(3)4)56-43(67)35(23-59)57-44(68)36-11-9-17-58(36)37(61)22-51-38(62)30(47)21-28-12-14-29(60)15-13-28/h12-15,24-27,30-36,59-60H,8-11,16-23,47H2,1-7H3,(H,51,62)(H,52,64)(H,53,65)(H,54,63)(H,55,66)(H,56,67)(H,57,68)(H,69,70)(H4,48,49,50)/t27-,30-,31-,32-,33-,34-,35-,36-/m0/s1. The molecule has 0 bridgehead atoms. The van der Waals surface area contributed by atoms with Gasteiger partial charge in [0.25, 0.3) is 0 Å². The van der Waals surface area contributed by atoms with Gasteiger partial charge in [0.15, 0.2) is 5.96 Å². The Kier molecular flexibility index (Phi) is 25.1. The van der Waals surface area contributed by atoms with Crippen LogP contribution in [0.2, 0.25) is 0 Å². The number of aliphatic hydroxyl groups is 1. The molecule has 1 aromatic rings. The molecular formula is C46H76N12O12. The highest BCUT2D eigenvalue weighted by molar-refractivity contribution is 5.98. The van der Waals surface area contributed by atoms with Crippen LogP contribution in [-0.2, 0) is 49.6 Å². The first-order chi connectivity index (χ1) is 32.8. The van der Waals surface area contributed by atoms with Crippen LogP contribution in [0.25, 0.3) is 0 Å². The second-order valence-electron chi connectivity index (χ2n) is 18.8. The van der Waals surface area contributed by atoms with Crippen molar-refractivity contribution in [2.75, 3.05) is 26.2 Å². The van der Waals surface area contributed by atoms with Gasteiger partial charge in [-0.3, -0.25) is 48.1 Å². The molecule has 1 saturated heterocycles. The summed E-state index contributed by atoms with van der Waals surface area (Å²) in [7, 11) is 0. The molecular weight excluding hydrogens is 913 g/mol. The molecule has 1 fully saturated rings. The number of aromatic hydroxyl groups is 1. The van der Waals surface area contributed by atoms with E-state index in [1.165, 1.54) is 24.0 Å². The SMILES string of the molecule is CC(C)C[C@H](NC(=O)[C@H](CC(C)C)NC(=O)[C@H](CCCN=C(N)N)NC(=O)[C@H](CC(C)C)NC(=O)[C@H](CO)NC(=O)[C@@H]1CCCN1C(=O)CNC(=O)[C@@H](N)Cc1ccc(O)cc1)C(=O)N[C@@H](C)C(=O)O. The summed E-state index contributed by atoms with van der Waals surface area (Å²) < 4.78 is 0. The largest absolute Gasteiger partial charge is 0.508 e. The lowest BCUT2D eigenvalue weighted by Gasteiger charge is -2.29. The number of guanidine groups is 1. The number of carboxylic acids is 1. The molecule has 0 radical (unpaired) electrons. The maximum atomic E-state index is 14.1. The fourth-order valence-electron chi connectivity index (χ4n) is 7.52. The number of nitrogens with one attached hydrogen (secondary N) is 7. The van der Waals surface area contributed by atoms with Gasteiger partial charge in [-0.25, -0.2) is 0 Å². The summed E-state index contributed by atoms with van der Waals surface area (Å²) in [4.78, 5) is 125. The van der Waals surface area contributed by atoms with E-state index in [2.05, 4.69) is 42.2 Å². The van der Waals surface area contributed by atoms with Crippen molar-refractivity contribution < 1.29 is 58.5 Å². The molecule has 24 heteroatoms. The van der Waals surface area contributed by atoms with Crippen molar-refractivity contribution in [3.63, 3.8) is 0 Å². The van der Waals surface area contributed by atoms with Gasteiger partial charge in [-0.1, -0.05) is 53.7 Å². The van der Waals surface area contributed by atoms with Gasteiger partial charge in [0, 0.05) is 13.1 Å². The maximum absolute atomic E-state index is 14.1. The first kappa shape index (κ1) is 59.6. The zero-order valence-electron chi connectivity index (χ0n) is 41.3. The predicted molar refractivity (Wildman–Crippen MR) is 258 cm³/mol. The van der Waals surface area contributed by atoms with Crippen LogP contribution in [0.1, 0.15) is 99.0 Å². The quantitative estimate of drug-likeness (QED) is 0.0226. The van der Waals surface area contributed by atoms with Crippen molar-refractivity contribution in [3.05, 3.63) is 29.8 Å². The molecule has 0 aromatic heterocycles. The van der Waals surface area contributed by atoms with Crippen LogP contribution in [0.4, 0.5) is 0 Å². The Morgan fingerprint density at radius 1 is 0.686 bits per heavy atom. The molecule has 0 aliphatic carbocycles. The Balaban J connectivity index is 2.23. The Labute approximate surface area is 408 Å². The third kappa shape index (κ3) is 21.0. The van der Waals surface area contributed by atoms with Crippen LogP contribution in [0, 0.1) is 17.8 Å². The lowest BCUT2D eigenvalue weighted by Crippen LogP contribution is -2.60. The minimum atomic E-state index is -1.58. The number of nitrogens with zero attached hydrogens (tertiary/aromatic N) is 2. The molecule has 1 heterocycles. The molecule has 0 saturated carbocycles. The van der Waals surface area contributed by atoms with Gasteiger partial charge < -0.3 is 74.6 Å². The lowest BCUT2D eigenvalue weighted by atomic mass is 9.99. The zero-order chi connectivity index (χ0) is 52.8. The third-order valence-electron chi connectivity index (χ3n) is 11.2. The summed E-state index contributed by atoms with van der Waals surface area (Å²) in [6, 6.07) is -3.72.